The maximum atomic E-state index is 5.11. The van der Waals surface area contributed by atoms with Gasteiger partial charge in [-0.25, -0.2) is 16.7 Å². The topological polar surface area (TPSA) is 139 Å². The molecule has 0 heterocycles. The molecule has 8 nitrogen and oxygen atoms in total. The van der Waals surface area contributed by atoms with E-state index >= 15 is 0 Å². The van der Waals surface area contributed by atoms with Crippen molar-refractivity contribution in [3.63, 3.8) is 0 Å². The Hall–Kier alpha value is -1.67. The van der Waals surface area contributed by atoms with Crippen molar-refractivity contribution in [2.45, 2.75) is 0 Å². The molecule has 0 atom stereocenters. The second kappa shape index (κ2) is 5.14. The number of guanidine groups is 2. The lowest BCUT2D eigenvalue weighted by molar-refractivity contribution is 0.959. The smallest absolute Gasteiger partial charge is 0.256 e. The largest absolute Gasteiger partial charge is 0.367 e. The van der Waals surface area contributed by atoms with Gasteiger partial charge in [-0.1, -0.05) is 0 Å². The molecule has 0 rings (SSSR count). The van der Waals surface area contributed by atoms with Crippen molar-refractivity contribution in [1.29, 1.82) is 0 Å². The van der Waals surface area contributed by atoms with Gasteiger partial charge in [-0.2, -0.15) is 0 Å². The van der Waals surface area contributed by atoms with Gasteiger partial charge < -0.3 is 5.73 Å². The number of nitrogens with zero attached hydrogens (tertiary/aromatic N) is 3. The molecule has 0 aromatic carbocycles. The van der Waals surface area contributed by atoms with Crippen LogP contribution in [0.5, 0.6) is 0 Å². The van der Waals surface area contributed by atoms with E-state index < -0.39 is 0 Å². The zero-order valence-corrected chi connectivity index (χ0v) is 5.78. The average molecular weight is 158 g/mol. The highest BCUT2D eigenvalue weighted by molar-refractivity contribution is 5.84. The van der Waals surface area contributed by atoms with Crippen molar-refractivity contribution in [2.24, 2.45) is 32.6 Å². The van der Waals surface area contributed by atoms with E-state index in [-0.39, 0.29) is 11.9 Å². The minimum atomic E-state index is -0.0543. The van der Waals surface area contributed by atoms with Gasteiger partial charge in [0.05, 0.1) is 0 Å². The maximum Gasteiger partial charge on any atom is 0.256 e. The first-order valence-corrected chi connectivity index (χ1v) is 2.55. The predicted molar refractivity (Wildman–Crippen MR) is 43.3 cm³/mol. The number of rotatable bonds is 1. The Morgan fingerprint density at radius 1 is 1.18 bits per heavy atom. The Bertz CT molecular complexity index is 180. The molecule has 0 spiro atoms. The molecule has 0 saturated heterocycles. The fourth-order valence-electron chi connectivity index (χ4n) is 0.236. The summed E-state index contributed by atoms with van der Waals surface area (Å²) in [5.41, 5.74) is 9.29. The van der Waals surface area contributed by atoms with E-state index in [9.17, 15) is 0 Å². The zero-order valence-electron chi connectivity index (χ0n) is 5.78. The first kappa shape index (κ1) is 9.33. The lowest BCUT2D eigenvalue weighted by atomic mass is 11.0. The fourth-order valence-corrected chi connectivity index (χ4v) is 0.236. The Labute approximate surface area is 63.2 Å². The molecule has 62 valence electrons. The summed E-state index contributed by atoms with van der Waals surface area (Å²) in [5.74, 6) is 9.79. The van der Waals surface area contributed by atoms with Crippen molar-refractivity contribution in [3.05, 3.63) is 0 Å². The number of hydrazine groups is 2. The van der Waals surface area contributed by atoms with Gasteiger partial charge in [-0.05, 0) is 6.72 Å². The minimum Gasteiger partial charge on any atom is -0.367 e. The van der Waals surface area contributed by atoms with Crippen molar-refractivity contribution >= 4 is 18.6 Å². The van der Waals surface area contributed by atoms with Gasteiger partial charge in [-0.3, -0.25) is 10.9 Å². The molecule has 8 heteroatoms. The maximum absolute atomic E-state index is 5.11. The average Bonchev–Trinajstić information content (AvgIpc) is 2.06. The molecule has 0 aromatic heterocycles. The molecule has 0 fully saturated rings. The molecule has 0 unspecified atom stereocenters. The van der Waals surface area contributed by atoms with Crippen molar-refractivity contribution in [1.82, 2.24) is 10.9 Å². The Balaban J connectivity index is 4.17. The molecule has 0 radical (unpaired) electrons. The third-order valence-corrected chi connectivity index (χ3v) is 0.679. The van der Waals surface area contributed by atoms with E-state index in [2.05, 4.69) is 32.8 Å². The minimum absolute atomic E-state index is 0.0446. The van der Waals surface area contributed by atoms with Gasteiger partial charge >= 0.3 is 0 Å². The van der Waals surface area contributed by atoms with Crippen LogP contribution in [-0.4, -0.2) is 18.6 Å². The summed E-state index contributed by atoms with van der Waals surface area (Å²) in [6.45, 7) is 3.15. The van der Waals surface area contributed by atoms with Gasteiger partial charge in [0, 0.05) is 0 Å². The predicted octanol–water partition coefficient (Wildman–Crippen LogP) is -2.80. The summed E-state index contributed by atoms with van der Waals surface area (Å²) >= 11 is 0. The van der Waals surface area contributed by atoms with Gasteiger partial charge in [0.2, 0.25) is 5.96 Å². The zero-order chi connectivity index (χ0) is 8.69. The molecule has 0 aliphatic heterocycles. The van der Waals surface area contributed by atoms with Crippen molar-refractivity contribution in [2.75, 3.05) is 0 Å². The molecule has 0 saturated carbocycles. The lowest BCUT2D eigenvalue weighted by Crippen LogP contribution is -2.37. The number of nitrogens with two attached hydrogens (primary N) is 3. The van der Waals surface area contributed by atoms with Gasteiger partial charge in [0.25, 0.3) is 5.96 Å². The molecule has 8 N–H and O–H groups in total. The van der Waals surface area contributed by atoms with Crippen LogP contribution in [0.1, 0.15) is 0 Å². The Morgan fingerprint density at radius 3 is 2.18 bits per heavy atom. The Kier molecular flexibility index (Phi) is 4.36. The van der Waals surface area contributed by atoms with Crippen molar-refractivity contribution < 1.29 is 0 Å². The van der Waals surface area contributed by atoms with Crippen LogP contribution in [0.4, 0.5) is 0 Å². The molecular formula is C3H10N8. The van der Waals surface area contributed by atoms with E-state index in [0.717, 1.165) is 0 Å². The van der Waals surface area contributed by atoms with Crippen LogP contribution >= 0.6 is 0 Å². The molecule has 0 aromatic rings. The highest BCUT2D eigenvalue weighted by atomic mass is 15.4. The molecule has 0 aliphatic rings. The van der Waals surface area contributed by atoms with Crippen molar-refractivity contribution in [3.8, 4) is 0 Å². The lowest BCUT2D eigenvalue weighted by Gasteiger charge is -1.95. The molecule has 0 bridgehead atoms. The Morgan fingerprint density at radius 2 is 1.82 bits per heavy atom. The van der Waals surface area contributed by atoms with E-state index in [4.69, 9.17) is 17.4 Å². The van der Waals surface area contributed by atoms with Crippen LogP contribution in [-0.2, 0) is 0 Å². The second-order valence-electron chi connectivity index (χ2n) is 1.36. The quantitative estimate of drug-likeness (QED) is 0.121. The van der Waals surface area contributed by atoms with Gasteiger partial charge in [0.1, 0.15) is 0 Å². The number of nitrogens with one attached hydrogen (secondary N) is 2. The fraction of sp³-hybridized carbons (Fsp3) is 0. The summed E-state index contributed by atoms with van der Waals surface area (Å²) < 4.78 is 0. The van der Waals surface area contributed by atoms with Crippen LogP contribution in [0.3, 0.4) is 0 Å². The van der Waals surface area contributed by atoms with E-state index in [1.165, 1.54) is 0 Å². The summed E-state index contributed by atoms with van der Waals surface area (Å²) in [6, 6.07) is 0. The van der Waals surface area contributed by atoms with E-state index in [1.807, 2.05) is 0 Å². The number of aliphatic imine (C=N–C) groups is 1. The number of hydrogen-bond acceptors (Lipinski definition) is 4. The van der Waals surface area contributed by atoms with Crippen LogP contribution in [0, 0.1) is 0 Å². The van der Waals surface area contributed by atoms with Crippen LogP contribution < -0.4 is 28.3 Å². The SMILES string of the molecule is C=N/C(=N\N=C(/N)NN)NN. The summed E-state index contributed by atoms with van der Waals surface area (Å²) in [7, 11) is 0. The van der Waals surface area contributed by atoms with E-state index in [0.29, 0.717) is 0 Å². The molecule has 0 amide bonds. The van der Waals surface area contributed by atoms with Crippen LogP contribution in [0.15, 0.2) is 15.2 Å². The van der Waals surface area contributed by atoms with Gasteiger partial charge in [-0.15, -0.1) is 10.2 Å². The monoisotopic (exact) mass is 158 g/mol. The highest BCUT2D eigenvalue weighted by Gasteiger charge is 1.87. The van der Waals surface area contributed by atoms with E-state index in [1.54, 1.807) is 0 Å². The number of hydrogen-bond donors (Lipinski definition) is 5. The summed E-state index contributed by atoms with van der Waals surface area (Å²) in [6.07, 6.45) is 0. The first-order chi connectivity index (χ1) is 5.24. The molecule has 11 heavy (non-hydrogen) atoms. The van der Waals surface area contributed by atoms with Crippen LogP contribution in [0.25, 0.3) is 0 Å². The second-order valence-corrected chi connectivity index (χ2v) is 1.36. The summed E-state index contributed by atoms with van der Waals surface area (Å²) in [5, 5.41) is 6.76. The standard InChI is InChI=1S/C3H10N8/c1-7-3(9-6)11-10-2(4)8-5/h1,5-6H2,(H,9,11)(H3,4,8,10). The third-order valence-electron chi connectivity index (χ3n) is 0.679. The first-order valence-electron chi connectivity index (χ1n) is 2.55. The summed E-state index contributed by atoms with van der Waals surface area (Å²) in [4.78, 5) is 3.35. The highest BCUT2D eigenvalue weighted by Crippen LogP contribution is 1.74. The molecule has 0 aliphatic carbocycles. The normalized spacial score (nSPS) is 12.5. The van der Waals surface area contributed by atoms with Crippen LogP contribution in [0.2, 0.25) is 0 Å². The third kappa shape index (κ3) is 3.83. The molecular weight excluding hydrogens is 148 g/mol. The van der Waals surface area contributed by atoms with Gasteiger partial charge in [0.15, 0.2) is 0 Å².